The van der Waals surface area contributed by atoms with E-state index in [0.29, 0.717) is 25.0 Å². The molecular formula is C24H24FNO5. The van der Waals surface area contributed by atoms with Crippen molar-refractivity contribution in [3.63, 3.8) is 0 Å². The highest BCUT2D eigenvalue weighted by molar-refractivity contribution is 6.46. The largest absolute Gasteiger partial charge is 0.507 e. The van der Waals surface area contributed by atoms with E-state index < -0.39 is 23.5 Å². The van der Waals surface area contributed by atoms with E-state index in [1.54, 1.807) is 31.4 Å². The summed E-state index contributed by atoms with van der Waals surface area (Å²) < 4.78 is 25.5. The number of methoxy groups -OCH3 is 1. The lowest BCUT2D eigenvalue weighted by atomic mass is 9.94. The van der Waals surface area contributed by atoms with Crippen molar-refractivity contribution >= 4 is 17.4 Å². The minimum atomic E-state index is -1.01. The average molecular weight is 425 g/mol. The molecule has 1 saturated heterocycles. The number of amides is 1. The van der Waals surface area contributed by atoms with E-state index in [2.05, 4.69) is 0 Å². The SMILES string of the molecule is COCCCN1C(=O)C(=O)C(=C(O)c2ccc3c(c2)C[C@H](C)O3)[C@H]1c1ccccc1F. The van der Waals surface area contributed by atoms with Crippen LogP contribution in [0.5, 0.6) is 5.75 Å². The summed E-state index contributed by atoms with van der Waals surface area (Å²) in [6, 6.07) is 10.1. The molecule has 4 rings (SSSR count). The van der Waals surface area contributed by atoms with Gasteiger partial charge in [0.1, 0.15) is 23.4 Å². The van der Waals surface area contributed by atoms with Crippen molar-refractivity contribution in [3.05, 3.63) is 70.5 Å². The lowest BCUT2D eigenvalue weighted by Gasteiger charge is -2.25. The number of hydrogen-bond acceptors (Lipinski definition) is 5. The molecule has 1 amide bonds. The van der Waals surface area contributed by atoms with Crippen LogP contribution in [0.2, 0.25) is 0 Å². The van der Waals surface area contributed by atoms with E-state index in [0.717, 1.165) is 11.3 Å². The Kier molecular flexibility index (Phi) is 5.78. The Hall–Kier alpha value is -3.19. The first kappa shape index (κ1) is 21.1. The molecule has 7 heteroatoms. The van der Waals surface area contributed by atoms with Gasteiger partial charge in [-0.3, -0.25) is 9.59 Å². The van der Waals surface area contributed by atoms with Crippen molar-refractivity contribution in [3.8, 4) is 5.75 Å². The number of halogens is 1. The molecule has 2 atom stereocenters. The molecule has 0 bridgehead atoms. The zero-order valence-electron chi connectivity index (χ0n) is 17.4. The van der Waals surface area contributed by atoms with Crippen molar-refractivity contribution in [1.82, 2.24) is 4.90 Å². The molecule has 2 aromatic carbocycles. The normalized spacial score (nSPS) is 22.0. The Morgan fingerprint density at radius 3 is 2.77 bits per heavy atom. The maximum Gasteiger partial charge on any atom is 0.295 e. The summed E-state index contributed by atoms with van der Waals surface area (Å²) in [5, 5.41) is 11.1. The molecule has 31 heavy (non-hydrogen) atoms. The number of benzene rings is 2. The lowest BCUT2D eigenvalue weighted by molar-refractivity contribution is -0.140. The Labute approximate surface area is 179 Å². The van der Waals surface area contributed by atoms with Crippen molar-refractivity contribution in [2.75, 3.05) is 20.3 Å². The summed E-state index contributed by atoms with van der Waals surface area (Å²) >= 11 is 0. The highest BCUT2D eigenvalue weighted by Gasteiger charge is 2.46. The summed E-state index contributed by atoms with van der Waals surface area (Å²) in [6.07, 6.45) is 1.18. The number of hydrogen-bond donors (Lipinski definition) is 1. The maximum atomic E-state index is 14.7. The fraction of sp³-hybridized carbons (Fsp3) is 0.333. The molecule has 0 aromatic heterocycles. The van der Waals surface area contributed by atoms with E-state index in [1.165, 1.54) is 23.1 Å². The number of nitrogens with zero attached hydrogens (tertiary/aromatic N) is 1. The van der Waals surface area contributed by atoms with Gasteiger partial charge in [-0.25, -0.2) is 4.39 Å². The van der Waals surface area contributed by atoms with Crippen molar-refractivity contribution < 1.29 is 28.6 Å². The molecule has 162 valence electrons. The summed E-state index contributed by atoms with van der Waals surface area (Å²) in [5.41, 5.74) is 1.36. The third-order valence-electron chi connectivity index (χ3n) is 5.66. The Balaban J connectivity index is 1.82. The van der Waals surface area contributed by atoms with Crippen LogP contribution in [0.15, 0.2) is 48.0 Å². The van der Waals surface area contributed by atoms with Gasteiger partial charge in [-0.05, 0) is 43.2 Å². The number of fused-ring (bicyclic) bond motifs is 1. The van der Waals surface area contributed by atoms with E-state index >= 15 is 0 Å². The highest BCUT2D eigenvalue weighted by atomic mass is 19.1. The fourth-order valence-electron chi connectivity index (χ4n) is 4.23. The second kappa shape index (κ2) is 8.51. The summed E-state index contributed by atoms with van der Waals surface area (Å²) in [7, 11) is 1.54. The first-order chi connectivity index (χ1) is 14.9. The fourth-order valence-corrected chi connectivity index (χ4v) is 4.23. The van der Waals surface area contributed by atoms with Gasteiger partial charge in [0, 0.05) is 37.8 Å². The average Bonchev–Trinajstić information content (AvgIpc) is 3.24. The summed E-state index contributed by atoms with van der Waals surface area (Å²) in [6.45, 7) is 2.53. The van der Waals surface area contributed by atoms with E-state index in [4.69, 9.17) is 9.47 Å². The number of rotatable bonds is 6. The number of aliphatic hydroxyl groups is 1. The number of ether oxygens (including phenoxy) is 2. The van der Waals surface area contributed by atoms with Gasteiger partial charge < -0.3 is 19.5 Å². The Bertz CT molecular complexity index is 1060. The van der Waals surface area contributed by atoms with Crippen molar-refractivity contribution in [1.29, 1.82) is 0 Å². The summed E-state index contributed by atoms with van der Waals surface area (Å²) in [5.74, 6) is -1.72. The molecule has 2 aliphatic heterocycles. The molecule has 1 N–H and O–H groups in total. The van der Waals surface area contributed by atoms with Gasteiger partial charge >= 0.3 is 0 Å². The Morgan fingerprint density at radius 1 is 1.26 bits per heavy atom. The monoisotopic (exact) mass is 425 g/mol. The zero-order valence-corrected chi connectivity index (χ0v) is 17.4. The topological polar surface area (TPSA) is 76.1 Å². The maximum absolute atomic E-state index is 14.7. The number of aliphatic hydroxyl groups excluding tert-OH is 1. The van der Waals surface area contributed by atoms with Gasteiger partial charge in [0.25, 0.3) is 11.7 Å². The van der Waals surface area contributed by atoms with Crippen LogP contribution in [0.3, 0.4) is 0 Å². The van der Waals surface area contributed by atoms with E-state index in [9.17, 15) is 19.1 Å². The van der Waals surface area contributed by atoms with Crippen LogP contribution in [-0.2, 0) is 20.7 Å². The lowest BCUT2D eigenvalue weighted by Crippen LogP contribution is -2.31. The van der Waals surface area contributed by atoms with Gasteiger partial charge in [0.2, 0.25) is 0 Å². The predicted molar refractivity (Wildman–Crippen MR) is 112 cm³/mol. The van der Waals surface area contributed by atoms with Crippen LogP contribution in [0, 0.1) is 5.82 Å². The minimum Gasteiger partial charge on any atom is -0.507 e. The van der Waals surface area contributed by atoms with Crippen molar-refractivity contribution in [2.45, 2.75) is 31.9 Å². The molecule has 0 radical (unpaired) electrons. The minimum absolute atomic E-state index is 0.0252. The highest BCUT2D eigenvalue weighted by Crippen LogP contribution is 2.41. The van der Waals surface area contributed by atoms with Crippen LogP contribution in [0.1, 0.15) is 36.1 Å². The molecule has 1 fully saturated rings. The van der Waals surface area contributed by atoms with Crippen LogP contribution in [-0.4, -0.2) is 48.1 Å². The standard InChI is InChI=1S/C24H24FNO5/c1-14-12-16-13-15(8-9-19(16)31-14)22(27)20-21(17-6-3-4-7-18(17)25)26(10-5-11-30-2)24(29)23(20)28/h3-4,6-9,13-14,21,27H,5,10-12H2,1-2H3/t14-,21+/m0/s1. The summed E-state index contributed by atoms with van der Waals surface area (Å²) in [4.78, 5) is 27.1. The third-order valence-corrected chi connectivity index (χ3v) is 5.66. The second-order valence-corrected chi connectivity index (χ2v) is 7.82. The Morgan fingerprint density at radius 2 is 2.03 bits per heavy atom. The molecule has 0 unspecified atom stereocenters. The molecule has 6 nitrogen and oxygen atoms in total. The molecule has 2 aliphatic rings. The van der Waals surface area contributed by atoms with Crippen LogP contribution >= 0.6 is 0 Å². The molecular weight excluding hydrogens is 401 g/mol. The van der Waals surface area contributed by atoms with Gasteiger partial charge in [0.05, 0.1) is 11.6 Å². The first-order valence-electron chi connectivity index (χ1n) is 10.2. The van der Waals surface area contributed by atoms with Gasteiger partial charge in [-0.2, -0.15) is 0 Å². The third kappa shape index (κ3) is 3.81. The van der Waals surface area contributed by atoms with Gasteiger partial charge in [0.15, 0.2) is 0 Å². The number of ketones is 1. The molecule has 2 heterocycles. The molecule has 2 aromatic rings. The number of likely N-dealkylation sites (tertiary alicyclic amines) is 1. The van der Waals surface area contributed by atoms with E-state index in [-0.39, 0.29) is 29.5 Å². The van der Waals surface area contributed by atoms with Gasteiger partial charge in [-0.1, -0.05) is 18.2 Å². The van der Waals surface area contributed by atoms with Crippen molar-refractivity contribution in [2.24, 2.45) is 0 Å². The van der Waals surface area contributed by atoms with Crippen LogP contribution < -0.4 is 4.74 Å². The number of carbonyl (C=O) groups excluding carboxylic acids is 2. The first-order valence-corrected chi connectivity index (χ1v) is 10.2. The van der Waals surface area contributed by atoms with Gasteiger partial charge in [-0.15, -0.1) is 0 Å². The molecule has 0 spiro atoms. The van der Waals surface area contributed by atoms with Crippen LogP contribution in [0.25, 0.3) is 5.76 Å². The second-order valence-electron chi connectivity index (χ2n) is 7.82. The predicted octanol–water partition coefficient (Wildman–Crippen LogP) is 3.61. The molecule has 0 saturated carbocycles. The zero-order chi connectivity index (χ0) is 22.1. The number of carbonyl (C=O) groups is 2. The van der Waals surface area contributed by atoms with Crippen LogP contribution in [0.4, 0.5) is 4.39 Å². The van der Waals surface area contributed by atoms with E-state index in [1.807, 2.05) is 6.92 Å². The molecule has 0 aliphatic carbocycles. The number of Topliss-reactive ketones (excluding diaryl/α,β-unsaturated/α-hetero) is 1. The quantitative estimate of drug-likeness (QED) is 0.331. The smallest absolute Gasteiger partial charge is 0.295 e.